The van der Waals surface area contributed by atoms with Crippen molar-refractivity contribution in [2.45, 2.75) is 0 Å². The van der Waals surface area contributed by atoms with Crippen LogP contribution in [0.2, 0.25) is 0 Å². The molecule has 43 heavy (non-hydrogen) atoms. The lowest BCUT2D eigenvalue weighted by Gasteiger charge is -2.10. The Morgan fingerprint density at radius 1 is 0.488 bits per heavy atom. The lowest BCUT2D eigenvalue weighted by Crippen LogP contribution is -1.94. The number of para-hydroxylation sites is 4. The van der Waals surface area contributed by atoms with Crippen LogP contribution in [0.25, 0.3) is 97.1 Å². The zero-order valence-corrected chi connectivity index (χ0v) is 23.6. The van der Waals surface area contributed by atoms with Gasteiger partial charge in [-0.3, -0.25) is 4.40 Å². The molecule has 11 aromatic rings. The van der Waals surface area contributed by atoms with Crippen LogP contribution in [0.15, 0.2) is 121 Å². The molecule has 0 bridgehead atoms. The molecule has 0 aliphatic carbocycles. The number of benzene rings is 6. The summed E-state index contributed by atoms with van der Waals surface area (Å²) >= 11 is 1.87. The molecule has 0 amide bonds. The largest absolute Gasteiger partial charge is 0.308 e. The third-order valence-corrected chi connectivity index (χ3v) is 10.4. The highest BCUT2D eigenvalue weighted by molar-refractivity contribution is 7.25. The minimum Gasteiger partial charge on any atom is -0.308 e. The van der Waals surface area contributed by atoms with E-state index in [2.05, 4.69) is 112 Å². The molecule has 0 saturated heterocycles. The number of fused-ring (bicyclic) bond motifs is 14. The molecule has 0 N–H and O–H groups in total. The summed E-state index contributed by atoms with van der Waals surface area (Å²) < 4.78 is 7.44. The summed E-state index contributed by atoms with van der Waals surface area (Å²) in [6, 6.07) is 43.8. The first-order valence-corrected chi connectivity index (χ1v) is 15.3. The molecule has 0 fully saturated rings. The lowest BCUT2D eigenvalue weighted by molar-refractivity contribution is 1.19. The summed E-state index contributed by atoms with van der Waals surface area (Å²) in [4.78, 5) is 10.3. The Labute approximate surface area is 248 Å². The van der Waals surface area contributed by atoms with E-state index in [0.29, 0.717) is 0 Å². The maximum Gasteiger partial charge on any atom is 0.165 e. The maximum atomic E-state index is 5.17. The first kappa shape index (κ1) is 22.1. The van der Waals surface area contributed by atoms with E-state index in [1.54, 1.807) is 0 Å². The Hall–Kier alpha value is -5.52. The van der Waals surface area contributed by atoms with Crippen LogP contribution in [0.3, 0.4) is 0 Å². The smallest absolute Gasteiger partial charge is 0.165 e. The van der Waals surface area contributed by atoms with E-state index >= 15 is 0 Å². The highest BCUT2D eigenvalue weighted by Gasteiger charge is 2.24. The second-order valence-electron chi connectivity index (χ2n) is 11.4. The molecule has 0 unspecified atom stereocenters. The minimum atomic E-state index is 0.911. The fourth-order valence-electron chi connectivity index (χ4n) is 7.47. The van der Waals surface area contributed by atoms with Gasteiger partial charge in [0.1, 0.15) is 5.52 Å². The molecule has 0 aliphatic heterocycles. The average molecular weight is 565 g/mol. The van der Waals surface area contributed by atoms with Crippen molar-refractivity contribution in [1.29, 1.82) is 0 Å². The lowest BCUT2D eigenvalue weighted by atomic mass is 10.1. The molecule has 5 aromatic heterocycles. The fraction of sp³-hybridized carbons (Fsp3) is 0. The van der Waals surface area contributed by atoms with Gasteiger partial charge in [-0.15, -0.1) is 11.3 Å². The van der Waals surface area contributed by atoms with E-state index in [9.17, 15) is 0 Å². The summed E-state index contributed by atoms with van der Waals surface area (Å²) in [5.74, 6) is 0. The van der Waals surface area contributed by atoms with Crippen molar-refractivity contribution >= 4 is 103 Å². The van der Waals surface area contributed by atoms with Crippen LogP contribution < -0.4 is 0 Å². The normalized spacial score (nSPS) is 12.7. The van der Waals surface area contributed by atoms with Gasteiger partial charge in [0.05, 0.1) is 33.1 Å². The van der Waals surface area contributed by atoms with Gasteiger partial charge in [-0.2, -0.15) is 0 Å². The van der Waals surface area contributed by atoms with Crippen molar-refractivity contribution in [3.05, 3.63) is 121 Å². The Morgan fingerprint density at radius 3 is 2.14 bits per heavy atom. The Kier molecular flexibility index (Phi) is 3.94. The summed E-state index contributed by atoms with van der Waals surface area (Å²) in [5, 5.41) is 8.78. The molecule has 11 rings (SSSR count). The van der Waals surface area contributed by atoms with Gasteiger partial charge in [0.25, 0.3) is 0 Å². The minimum absolute atomic E-state index is 0.911. The molecule has 5 heterocycles. The summed E-state index contributed by atoms with van der Waals surface area (Å²) in [6.07, 6.45) is 0. The van der Waals surface area contributed by atoms with E-state index < -0.39 is 0 Å². The molecule has 4 nitrogen and oxygen atoms in total. The first-order valence-electron chi connectivity index (χ1n) is 14.5. The molecule has 0 saturated carbocycles. The van der Waals surface area contributed by atoms with E-state index in [0.717, 1.165) is 33.1 Å². The van der Waals surface area contributed by atoms with Gasteiger partial charge in [0.15, 0.2) is 5.65 Å². The van der Waals surface area contributed by atoms with E-state index in [1.807, 2.05) is 29.5 Å². The van der Waals surface area contributed by atoms with Crippen molar-refractivity contribution in [2.24, 2.45) is 0 Å². The number of hydrogen-bond donors (Lipinski definition) is 0. The van der Waals surface area contributed by atoms with E-state index in [4.69, 9.17) is 9.97 Å². The van der Waals surface area contributed by atoms with Gasteiger partial charge in [-0.25, -0.2) is 9.97 Å². The molecule has 6 aromatic carbocycles. The second-order valence-corrected chi connectivity index (χ2v) is 12.5. The quantitative estimate of drug-likeness (QED) is 0.199. The molecule has 0 spiro atoms. The highest BCUT2D eigenvalue weighted by Crippen LogP contribution is 2.45. The predicted octanol–water partition coefficient (Wildman–Crippen LogP) is 10.2. The Morgan fingerprint density at radius 2 is 1.21 bits per heavy atom. The fourth-order valence-corrected chi connectivity index (χ4v) is 8.60. The molecule has 198 valence electrons. The van der Waals surface area contributed by atoms with Crippen LogP contribution >= 0.6 is 11.3 Å². The van der Waals surface area contributed by atoms with Gasteiger partial charge in [-0.05, 0) is 42.5 Å². The van der Waals surface area contributed by atoms with Crippen molar-refractivity contribution in [3.8, 4) is 5.69 Å². The van der Waals surface area contributed by atoms with Crippen molar-refractivity contribution in [3.63, 3.8) is 0 Å². The monoisotopic (exact) mass is 564 g/mol. The summed E-state index contributed by atoms with van der Waals surface area (Å²) in [7, 11) is 0. The average Bonchev–Trinajstić information content (AvgIpc) is 3.78. The zero-order chi connectivity index (χ0) is 27.8. The van der Waals surface area contributed by atoms with Crippen LogP contribution in [-0.4, -0.2) is 18.9 Å². The third-order valence-electron chi connectivity index (χ3n) is 9.22. The topological polar surface area (TPSA) is 35.1 Å². The van der Waals surface area contributed by atoms with Gasteiger partial charge >= 0.3 is 0 Å². The molecular weight excluding hydrogens is 545 g/mol. The molecule has 0 radical (unpaired) electrons. The van der Waals surface area contributed by atoms with Gasteiger partial charge < -0.3 is 4.57 Å². The van der Waals surface area contributed by atoms with E-state index in [-0.39, 0.29) is 0 Å². The van der Waals surface area contributed by atoms with Crippen LogP contribution in [-0.2, 0) is 0 Å². The van der Waals surface area contributed by atoms with Gasteiger partial charge in [0.2, 0.25) is 0 Å². The number of hydrogen-bond acceptors (Lipinski definition) is 3. The third kappa shape index (κ3) is 2.67. The highest BCUT2D eigenvalue weighted by atomic mass is 32.1. The zero-order valence-electron chi connectivity index (χ0n) is 22.7. The number of aromatic nitrogens is 4. The maximum absolute atomic E-state index is 5.17. The van der Waals surface area contributed by atoms with Crippen LogP contribution in [0.1, 0.15) is 0 Å². The molecular formula is C38H20N4S. The molecule has 0 aliphatic rings. The summed E-state index contributed by atoms with van der Waals surface area (Å²) in [6.45, 7) is 0. The molecule has 0 atom stereocenters. The van der Waals surface area contributed by atoms with Gasteiger partial charge in [0, 0.05) is 52.8 Å². The second kappa shape index (κ2) is 7.65. The van der Waals surface area contributed by atoms with Crippen LogP contribution in [0.4, 0.5) is 0 Å². The van der Waals surface area contributed by atoms with Crippen molar-refractivity contribution < 1.29 is 0 Å². The Bertz CT molecular complexity index is 2960. The van der Waals surface area contributed by atoms with E-state index in [1.165, 1.54) is 64.0 Å². The Balaban J connectivity index is 1.34. The first-order chi connectivity index (χ1) is 21.3. The van der Waals surface area contributed by atoms with Crippen LogP contribution in [0.5, 0.6) is 0 Å². The van der Waals surface area contributed by atoms with Crippen molar-refractivity contribution in [1.82, 2.24) is 18.9 Å². The van der Waals surface area contributed by atoms with Gasteiger partial charge in [-0.1, -0.05) is 78.9 Å². The standard InChI is InChI=1S/C38H20N4S/c1-5-14-30-22(8-1)25-18-19-31-34(37(25)41(30)21-16-17-24-23-9-2-6-15-32(23)43-33(24)20-21)26-10-7-11-27-35-38(42(31)36(26)27)40-29-13-4-3-12-28(29)39-35/h1-20H. The number of thiophene rings is 1. The molecule has 5 heteroatoms. The predicted molar refractivity (Wildman–Crippen MR) is 181 cm³/mol. The number of rotatable bonds is 1. The number of nitrogens with zero attached hydrogens (tertiary/aromatic N) is 4. The SMILES string of the molecule is c1ccc2nc3c(nc2c1)c1cccc2c4c5c(ccc4n3c12)c1ccccc1n5-c1ccc2c(c1)sc1ccccc12. The van der Waals surface area contributed by atoms with Crippen molar-refractivity contribution in [2.75, 3.05) is 0 Å². The van der Waals surface area contributed by atoms with Crippen LogP contribution in [0, 0.1) is 0 Å². The summed E-state index contributed by atoms with van der Waals surface area (Å²) in [5.41, 5.74) is 9.67.